The van der Waals surface area contributed by atoms with Gasteiger partial charge in [0.25, 0.3) is 0 Å². The molecule has 0 aliphatic heterocycles. The SMILES string of the molecule is C1CCC(CCPCPCCC2CCCCC2)CC1. The summed E-state index contributed by atoms with van der Waals surface area (Å²) >= 11 is 0. The molecule has 0 nitrogen and oxygen atoms in total. The van der Waals surface area contributed by atoms with Gasteiger partial charge in [-0.05, 0) is 42.9 Å². The van der Waals surface area contributed by atoms with Crippen LogP contribution in [0.5, 0.6) is 0 Å². The Hall–Kier alpha value is 0.860. The van der Waals surface area contributed by atoms with Crippen molar-refractivity contribution in [3.05, 3.63) is 0 Å². The lowest BCUT2D eigenvalue weighted by molar-refractivity contribution is 0.351. The highest BCUT2D eigenvalue weighted by molar-refractivity contribution is 7.56. The summed E-state index contributed by atoms with van der Waals surface area (Å²) in [6.07, 6.45) is 21.6. The lowest BCUT2D eigenvalue weighted by Gasteiger charge is -2.21. The van der Waals surface area contributed by atoms with Gasteiger partial charge in [-0.1, -0.05) is 64.2 Å². The Morgan fingerprint density at radius 1 is 0.579 bits per heavy atom. The lowest BCUT2D eigenvalue weighted by atomic mass is 9.88. The van der Waals surface area contributed by atoms with E-state index in [4.69, 9.17) is 0 Å². The average molecular weight is 300 g/mol. The number of hydrogen-bond acceptors (Lipinski definition) is 0. The molecule has 2 fully saturated rings. The Labute approximate surface area is 124 Å². The predicted molar refractivity (Wildman–Crippen MR) is 93.6 cm³/mol. The van der Waals surface area contributed by atoms with Crippen LogP contribution in [0.1, 0.15) is 77.0 Å². The topological polar surface area (TPSA) is 0 Å². The molecule has 2 rings (SSSR count). The van der Waals surface area contributed by atoms with Crippen molar-refractivity contribution in [2.75, 3.05) is 18.2 Å². The van der Waals surface area contributed by atoms with Crippen LogP contribution in [0.2, 0.25) is 0 Å². The van der Waals surface area contributed by atoms with Gasteiger partial charge in [-0.15, -0.1) is 17.2 Å². The van der Waals surface area contributed by atoms with E-state index >= 15 is 0 Å². The minimum atomic E-state index is 1.12. The largest absolute Gasteiger partial charge is 0.118 e. The zero-order valence-electron chi connectivity index (χ0n) is 12.8. The van der Waals surface area contributed by atoms with Gasteiger partial charge in [-0.25, -0.2) is 0 Å². The maximum Gasteiger partial charge on any atom is -0.0175 e. The summed E-state index contributed by atoms with van der Waals surface area (Å²) in [6, 6.07) is 0. The van der Waals surface area contributed by atoms with Gasteiger partial charge < -0.3 is 0 Å². The van der Waals surface area contributed by atoms with Crippen LogP contribution in [-0.2, 0) is 0 Å². The van der Waals surface area contributed by atoms with E-state index in [-0.39, 0.29) is 0 Å². The van der Waals surface area contributed by atoms with Crippen LogP contribution in [-0.4, -0.2) is 18.2 Å². The van der Waals surface area contributed by atoms with Gasteiger partial charge in [0.1, 0.15) is 0 Å². The molecule has 2 aliphatic carbocycles. The highest BCUT2D eigenvalue weighted by Crippen LogP contribution is 2.33. The van der Waals surface area contributed by atoms with Gasteiger partial charge in [-0.3, -0.25) is 0 Å². The predicted octanol–water partition coefficient (Wildman–Crippen LogP) is 6.24. The average Bonchev–Trinajstić information content (AvgIpc) is 2.48. The van der Waals surface area contributed by atoms with Gasteiger partial charge in [0, 0.05) is 0 Å². The van der Waals surface area contributed by atoms with Crippen molar-refractivity contribution in [3.8, 4) is 0 Å². The normalized spacial score (nSPS) is 24.0. The molecule has 2 saturated carbocycles. The van der Waals surface area contributed by atoms with E-state index in [1.807, 2.05) is 0 Å². The van der Waals surface area contributed by atoms with Crippen LogP contribution >= 0.6 is 17.2 Å². The van der Waals surface area contributed by atoms with Crippen molar-refractivity contribution >= 4 is 17.2 Å². The molecule has 0 aromatic rings. The summed E-state index contributed by atoms with van der Waals surface area (Å²) in [7, 11) is 2.58. The van der Waals surface area contributed by atoms with E-state index in [2.05, 4.69) is 0 Å². The molecule has 2 aliphatic rings. The highest BCUT2D eigenvalue weighted by atomic mass is 31.1. The van der Waals surface area contributed by atoms with Crippen molar-refractivity contribution in [3.63, 3.8) is 0 Å². The fourth-order valence-electron chi connectivity index (χ4n) is 3.83. The number of rotatable bonds is 8. The van der Waals surface area contributed by atoms with E-state index in [1.165, 1.54) is 55.7 Å². The van der Waals surface area contributed by atoms with E-state index in [0.29, 0.717) is 0 Å². The summed E-state index contributed by atoms with van der Waals surface area (Å²) in [5, 5.41) is 0. The quantitative estimate of drug-likeness (QED) is 0.367. The number of hydrogen-bond donors (Lipinski definition) is 0. The van der Waals surface area contributed by atoms with Gasteiger partial charge in [0.2, 0.25) is 0 Å². The third-order valence-corrected chi connectivity index (χ3v) is 8.44. The smallest absolute Gasteiger partial charge is 0.0175 e. The first-order valence-electron chi connectivity index (χ1n) is 8.86. The Kier molecular flexibility index (Phi) is 9.03. The molecule has 0 radical (unpaired) electrons. The van der Waals surface area contributed by atoms with Crippen molar-refractivity contribution in [2.24, 2.45) is 11.8 Å². The molecular weight excluding hydrogens is 266 g/mol. The minimum absolute atomic E-state index is 1.12. The van der Waals surface area contributed by atoms with Crippen LogP contribution in [0.25, 0.3) is 0 Å². The van der Waals surface area contributed by atoms with Crippen LogP contribution in [0.15, 0.2) is 0 Å². The summed E-state index contributed by atoms with van der Waals surface area (Å²) in [6.45, 7) is 0. The summed E-state index contributed by atoms with van der Waals surface area (Å²) < 4.78 is 0. The molecule has 0 bridgehead atoms. The zero-order chi connectivity index (χ0) is 13.2. The molecule has 0 spiro atoms. The lowest BCUT2D eigenvalue weighted by Crippen LogP contribution is -2.07. The van der Waals surface area contributed by atoms with E-state index in [1.54, 1.807) is 56.8 Å². The summed E-state index contributed by atoms with van der Waals surface area (Å²) in [4.78, 5) is 0. The van der Waals surface area contributed by atoms with Crippen molar-refractivity contribution in [1.29, 1.82) is 0 Å². The van der Waals surface area contributed by atoms with E-state index < -0.39 is 0 Å². The third kappa shape index (κ3) is 7.43. The monoisotopic (exact) mass is 300 g/mol. The minimum Gasteiger partial charge on any atom is -0.118 e. The molecule has 0 saturated heterocycles. The Bertz CT molecular complexity index is 183. The molecule has 0 N–H and O–H groups in total. The Balaban J connectivity index is 1.35. The maximum absolute atomic E-state index is 1.57. The fourth-order valence-corrected chi connectivity index (χ4v) is 7.18. The molecule has 0 amide bonds. The maximum atomic E-state index is 1.57. The Morgan fingerprint density at radius 3 is 1.42 bits per heavy atom. The first-order valence-corrected chi connectivity index (χ1v) is 11.7. The van der Waals surface area contributed by atoms with Crippen molar-refractivity contribution < 1.29 is 0 Å². The van der Waals surface area contributed by atoms with E-state index in [0.717, 1.165) is 11.8 Å². The second-order valence-corrected chi connectivity index (χ2v) is 10.2. The Morgan fingerprint density at radius 2 is 1.00 bits per heavy atom. The van der Waals surface area contributed by atoms with Gasteiger partial charge in [0.05, 0.1) is 0 Å². The molecule has 2 unspecified atom stereocenters. The van der Waals surface area contributed by atoms with Gasteiger partial charge in [0.15, 0.2) is 0 Å². The van der Waals surface area contributed by atoms with Crippen LogP contribution in [0.3, 0.4) is 0 Å². The molecule has 0 heterocycles. The molecule has 2 atom stereocenters. The van der Waals surface area contributed by atoms with Gasteiger partial charge >= 0.3 is 0 Å². The van der Waals surface area contributed by atoms with Crippen LogP contribution in [0.4, 0.5) is 0 Å². The molecule has 19 heavy (non-hydrogen) atoms. The summed E-state index contributed by atoms with van der Waals surface area (Å²) in [5.41, 5.74) is 0. The summed E-state index contributed by atoms with van der Waals surface area (Å²) in [5.74, 6) is 3.80. The second-order valence-electron chi connectivity index (χ2n) is 6.76. The molecular formula is C17H34P2. The van der Waals surface area contributed by atoms with E-state index in [9.17, 15) is 0 Å². The molecule has 112 valence electrons. The van der Waals surface area contributed by atoms with Crippen LogP contribution in [0, 0.1) is 11.8 Å². The third-order valence-electron chi connectivity index (χ3n) is 5.16. The van der Waals surface area contributed by atoms with Gasteiger partial charge in [-0.2, -0.15) is 0 Å². The van der Waals surface area contributed by atoms with Crippen LogP contribution < -0.4 is 0 Å². The molecule has 2 heteroatoms. The second kappa shape index (κ2) is 10.6. The van der Waals surface area contributed by atoms with Crippen molar-refractivity contribution in [1.82, 2.24) is 0 Å². The first-order chi connectivity index (χ1) is 9.45. The molecule has 0 aromatic heterocycles. The van der Waals surface area contributed by atoms with Crippen molar-refractivity contribution in [2.45, 2.75) is 77.0 Å². The standard InChI is InChI=1S/C17H34P2/c1-3-7-16(8-4-1)11-13-18-15-19-14-12-17-9-5-2-6-10-17/h16-19H,1-15H2. The fraction of sp³-hybridized carbons (Fsp3) is 1.00. The zero-order valence-corrected chi connectivity index (χ0v) is 14.8. The first kappa shape index (κ1) is 16.2. The highest BCUT2D eigenvalue weighted by Gasteiger charge is 2.13. The molecule has 0 aromatic carbocycles.